The Bertz CT molecular complexity index is 1290. The summed E-state index contributed by atoms with van der Waals surface area (Å²) >= 11 is 0.720. The molecule has 0 spiro atoms. The van der Waals surface area contributed by atoms with E-state index in [4.69, 9.17) is 16.2 Å². The van der Waals surface area contributed by atoms with E-state index in [-0.39, 0.29) is 22.8 Å². The molecule has 0 saturated heterocycles. The number of nitrogens with one attached hydrogen (secondary N) is 1. The largest absolute Gasteiger partial charge is 0.497 e. The van der Waals surface area contributed by atoms with Crippen molar-refractivity contribution in [2.75, 3.05) is 12.8 Å². The van der Waals surface area contributed by atoms with Gasteiger partial charge in [-0.3, -0.25) is 14.4 Å². The number of nitrogen functional groups attached to an aromatic ring is 1. The van der Waals surface area contributed by atoms with E-state index in [1.165, 1.54) is 36.3 Å². The summed E-state index contributed by atoms with van der Waals surface area (Å²) in [6.07, 6.45) is 0.627. The predicted octanol–water partition coefficient (Wildman–Crippen LogP) is 3.66. The molecule has 37 heavy (non-hydrogen) atoms. The fourth-order valence-corrected chi connectivity index (χ4v) is 4.38. The molecule has 0 radical (unpaired) electrons. The van der Waals surface area contributed by atoms with Crippen LogP contribution < -0.4 is 21.5 Å². The molecule has 196 valence electrons. The van der Waals surface area contributed by atoms with Crippen LogP contribution in [0, 0.1) is 5.82 Å². The van der Waals surface area contributed by atoms with Crippen molar-refractivity contribution in [3.63, 3.8) is 0 Å². The van der Waals surface area contributed by atoms with Crippen LogP contribution in [0.2, 0.25) is 0 Å². The Morgan fingerprint density at radius 1 is 1.19 bits per heavy atom. The number of nitrogens with zero attached hydrogens (tertiary/aromatic N) is 2. The standard InChI is InChI=1S/C26H30FN5O4S/c1-5-26(2,3)30-24(34)21(16-9-11-17(27)12-10-16)32(14-15-7-6-8-18(13-15)36-4)25(35)22-19(28)20(23(29)33)31-37-22/h6-13,21H,5,14,28H2,1-4H3,(H2,29,33)(H,30,34). The number of methoxy groups -OCH3 is 1. The number of carbonyl (C=O) groups excluding carboxylic acids is 3. The Labute approximate surface area is 218 Å². The minimum absolute atomic E-state index is 0.0265. The van der Waals surface area contributed by atoms with Crippen molar-refractivity contribution < 1.29 is 23.5 Å². The minimum atomic E-state index is -1.16. The maximum Gasteiger partial charge on any atom is 0.270 e. The molecular weight excluding hydrogens is 497 g/mol. The number of benzene rings is 2. The van der Waals surface area contributed by atoms with Crippen LogP contribution in [0.5, 0.6) is 5.75 Å². The van der Waals surface area contributed by atoms with Crippen LogP contribution in [-0.4, -0.2) is 39.6 Å². The summed E-state index contributed by atoms with van der Waals surface area (Å²) in [7, 11) is 1.52. The SMILES string of the molecule is CCC(C)(C)NC(=O)C(c1ccc(F)cc1)N(Cc1cccc(OC)c1)C(=O)c1snc(C(N)=O)c1N. The van der Waals surface area contributed by atoms with Crippen LogP contribution >= 0.6 is 11.5 Å². The van der Waals surface area contributed by atoms with Gasteiger partial charge in [0.15, 0.2) is 5.69 Å². The lowest BCUT2D eigenvalue weighted by molar-refractivity contribution is -0.127. The van der Waals surface area contributed by atoms with Crippen molar-refractivity contribution in [2.24, 2.45) is 5.73 Å². The van der Waals surface area contributed by atoms with Gasteiger partial charge in [-0.25, -0.2) is 4.39 Å². The third-order valence-electron chi connectivity index (χ3n) is 5.99. The normalized spacial score (nSPS) is 12.0. The van der Waals surface area contributed by atoms with Crippen molar-refractivity contribution in [1.29, 1.82) is 0 Å². The zero-order valence-corrected chi connectivity index (χ0v) is 21.9. The molecule has 0 aliphatic rings. The minimum Gasteiger partial charge on any atom is -0.497 e. The van der Waals surface area contributed by atoms with Crippen molar-refractivity contribution in [3.05, 3.63) is 76.0 Å². The number of hydrogen-bond acceptors (Lipinski definition) is 7. The molecule has 2 aromatic carbocycles. The summed E-state index contributed by atoms with van der Waals surface area (Å²) in [6, 6.07) is 11.2. The van der Waals surface area contributed by atoms with Gasteiger partial charge in [0.25, 0.3) is 11.8 Å². The van der Waals surface area contributed by atoms with Gasteiger partial charge in [0.1, 0.15) is 22.5 Å². The van der Waals surface area contributed by atoms with E-state index in [0.717, 1.165) is 11.5 Å². The number of ether oxygens (including phenoxy) is 1. The van der Waals surface area contributed by atoms with E-state index in [9.17, 15) is 18.8 Å². The average molecular weight is 528 g/mol. The summed E-state index contributed by atoms with van der Waals surface area (Å²) < 4.78 is 23.1. The predicted molar refractivity (Wildman–Crippen MR) is 140 cm³/mol. The van der Waals surface area contributed by atoms with Gasteiger partial charge in [-0.05, 0) is 67.2 Å². The van der Waals surface area contributed by atoms with Crippen molar-refractivity contribution >= 4 is 34.9 Å². The highest BCUT2D eigenvalue weighted by Crippen LogP contribution is 2.31. The highest BCUT2D eigenvalue weighted by atomic mass is 32.1. The van der Waals surface area contributed by atoms with Crippen LogP contribution in [0.4, 0.5) is 10.1 Å². The zero-order valence-electron chi connectivity index (χ0n) is 21.1. The number of halogens is 1. The van der Waals surface area contributed by atoms with E-state index < -0.39 is 35.1 Å². The van der Waals surface area contributed by atoms with Crippen LogP contribution in [0.3, 0.4) is 0 Å². The van der Waals surface area contributed by atoms with E-state index in [1.54, 1.807) is 24.3 Å². The Kier molecular flexibility index (Phi) is 8.49. The lowest BCUT2D eigenvalue weighted by Gasteiger charge is -2.34. The van der Waals surface area contributed by atoms with Gasteiger partial charge in [0, 0.05) is 12.1 Å². The first-order valence-corrected chi connectivity index (χ1v) is 12.3. The van der Waals surface area contributed by atoms with E-state index >= 15 is 0 Å². The fourth-order valence-electron chi connectivity index (χ4n) is 3.62. The third-order valence-corrected chi connectivity index (χ3v) is 6.85. The van der Waals surface area contributed by atoms with Crippen LogP contribution in [0.1, 0.15) is 64.5 Å². The molecule has 0 fully saturated rings. The smallest absolute Gasteiger partial charge is 0.270 e. The number of rotatable bonds is 10. The first-order valence-electron chi connectivity index (χ1n) is 11.5. The third kappa shape index (κ3) is 6.42. The molecule has 1 heterocycles. The van der Waals surface area contributed by atoms with Gasteiger partial charge in [-0.15, -0.1) is 0 Å². The second-order valence-corrected chi connectivity index (χ2v) is 9.88. The fraction of sp³-hybridized carbons (Fsp3) is 0.308. The molecule has 9 nitrogen and oxygen atoms in total. The van der Waals surface area contributed by atoms with E-state index in [0.29, 0.717) is 23.3 Å². The number of hydrogen-bond donors (Lipinski definition) is 3. The highest BCUT2D eigenvalue weighted by Gasteiger charge is 2.36. The maximum atomic E-state index is 14.0. The topological polar surface area (TPSA) is 141 Å². The molecule has 1 atom stereocenters. The molecule has 3 rings (SSSR count). The molecule has 0 bridgehead atoms. The Hall–Kier alpha value is -3.99. The van der Waals surface area contributed by atoms with Crippen LogP contribution in [0.15, 0.2) is 48.5 Å². The Morgan fingerprint density at radius 3 is 2.43 bits per heavy atom. The number of carbonyl (C=O) groups is 3. The molecule has 5 N–H and O–H groups in total. The van der Waals surface area contributed by atoms with Crippen molar-refractivity contribution in [3.8, 4) is 5.75 Å². The molecule has 0 aliphatic heterocycles. The number of aromatic nitrogens is 1. The maximum absolute atomic E-state index is 14.0. The quantitative estimate of drug-likeness (QED) is 0.368. The van der Waals surface area contributed by atoms with E-state index in [1.807, 2.05) is 20.8 Å². The summed E-state index contributed by atoms with van der Waals surface area (Å²) in [4.78, 5) is 40.7. The molecule has 1 aromatic heterocycles. The van der Waals surface area contributed by atoms with Gasteiger partial charge in [-0.2, -0.15) is 4.37 Å². The molecule has 0 saturated carbocycles. The summed E-state index contributed by atoms with van der Waals surface area (Å²) in [6.45, 7) is 5.62. The summed E-state index contributed by atoms with van der Waals surface area (Å²) in [5, 5.41) is 2.98. The molecule has 1 unspecified atom stereocenters. The second kappa shape index (κ2) is 11.4. The number of nitrogens with two attached hydrogens (primary N) is 2. The molecule has 3 amide bonds. The van der Waals surface area contributed by atoms with Gasteiger partial charge >= 0.3 is 0 Å². The molecule has 0 aliphatic carbocycles. The lowest BCUT2D eigenvalue weighted by atomic mass is 9.98. The Balaban J connectivity index is 2.17. The van der Waals surface area contributed by atoms with Crippen LogP contribution in [-0.2, 0) is 11.3 Å². The summed E-state index contributed by atoms with van der Waals surface area (Å²) in [5.74, 6) is -1.89. The monoisotopic (exact) mass is 527 g/mol. The molecule has 11 heteroatoms. The second-order valence-electron chi connectivity index (χ2n) is 9.10. The van der Waals surface area contributed by atoms with Gasteiger partial charge < -0.3 is 26.4 Å². The van der Waals surface area contributed by atoms with E-state index in [2.05, 4.69) is 9.69 Å². The number of primary amides is 1. The molecular formula is C26H30FN5O4S. The first kappa shape index (κ1) is 27.6. The van der Waals surface area contributed by atoms with Crippen LogP contribution in [0.25, 0.3) is 0 Å². The summed E-state index contributed by atoms with van der Waals surface area (Å²) in [5.41, 5.74) is 11.5. The van der Waals surface area contributed by atoms with Gasteiger partial charge in [0.2, 0.25) is 5.91 Å². The first-order chi connectivity index (χ1) is 17.5. The Morgan fingerprint density at radius 2 is 1.86 bits per heavy atom. The average Bonchev–Trinajstić information content (AvgIpc) is 3.25. The number of anilines is 1. The number of amides is 3. The highest BCUT2D eigenvalue weighted by molar-refractivity contribution is 7.09. The van der Waals surface area contributed by atoms with Crippen molar-refractivity contribution in [1.82, 2.24) is 14.6 Å². The van der Waals surface area contributed by atoms with Gasteiger partial charge in [-0.1, -0.05) is 31.2 Å². The van der Waals surface area contributed by atoms with Gasteiger partial charge in [0.05, 0.1) is 12.8 Å². The molecule has 3 aromatic rings. The lowest BCUT2D eigenvalue weighted by Crippen LogP contribution is -2.50. The van der Waals surface area contributed by atoms with Crippen molar-refractivity contribution in [2.45, 2.75) is 45.3 Å². The zero-order chi connectivity index (χ0) is 27.3.